The fourth-order valence-electron chi connectivity index (χ4n) is 4.49. The summed E-state index contributed by atoms with van der Waals surface area (Å²) >= 11 is 0. The maximum absolute atomic E-state index is 13.1. The van der Waals surface area contributed by atoms with Crippen LogP contribution in [0, 0.1) is 0 Å². The maximum atomic E-state index is 13.1. The molecule has 5 rings (SSSR count). The third kappa shape index (κ3) is 5.39. The van der Waals surface area contributed by atoms with Gasteiger partial charge in [-0.05, 0) is 47.7 Å². The minimum Gasteiger partial charge on any atom is -0.497 e. The summed E-state index contributed by atoms with van der Waals surface area (Å²) in [6, 6.07) is 11.7. The Labute approximate surface area is 222 Å². The lowest BCUT2D eigenvalue weighted by atomic mass is 9.98. The van der Waals surface area contributed by atoms with Crippen LogP contribution in [0.3, 0.4) is 0 Å². The number of rotatable bonds is 6. The molecule has 0 bridgehead atoms. The van der Waals surface area contributed by atoms with Gasteiger partial charge in [0.05, 0.1) is 30.3 Å². The summed E-state index contributed by atoms with van der Waals surface area (Å²) in [5.41, 5.74) is 4.80. The molecule has 1 aromatic carbocycles. The number of aromatic nitrogens is 4. The lowest BCUT2D eigenvalue weighted by Crippen LogP contribution is -2.33. The summed E-state index contributed by atoms with van der Waals surface area (Å²) in [5, 5.41) is 4.05. The number of pyridine rings is 2. The fourth-order valence-corrected chi connectivity index (χ4v) is 4.49. The highest BCUT2D eigenvalue weighted by Gasteiger charge is 2.23. The summed E-state index contributed by atoms with van der Waals surface area (Å²) in [4.78, 5) is 32.0. The lowest BCUT2D eigenvalue weighted by molar-refractivity contribution is 0.414. The number of ether oxygens (including phenoxy) is 1. The summed E-state index contributed by atoms with van der Waals surface area (Å²) in [7, 11) is 1.63. The van der Waals surface area contributed by atoms with Crippen LogP contribution in [-0.2, 0) is 19.5 Å². The van der Waals surface area contributed by atoms with Gasteiger partial charge < -0.3 is 15.0 Å². The zero-order valence-electron chi connectivity index (χ0n) is 20.4. The molecule has 3 aromatic heterocycles. The molecule has 2 N–H and O–H groups in total. The molecule has 0 aliphatic carbocycles. The third-order valence-corrected chi connectivity index (χ3v) is 6.27. The highest BCUT2D eigenvalue weighted by Crippen LogP contribution is 2.30. The Kier molecular flexibility index (Phi) is 8.76. The first-order valence-electron chi connectivity index (χ1n) is 11.5. The van der Waals surface area contributed by atoms with Gasteiger partial charge in [-0.25, -0.2) is 9.97 Å². The van der Waals surface area contributed by atoms with Crippen molar-refractivity contribution in [2.45, 2.75) is 39.3 Å². The average Bonchev–Trinajstić information content (AvgIpc) is 2.86. The van der Waals surface area contributed by atoms with Crippen molar-refractivity contribution in [3.05, 3.63) is 81.5 Å². The fraction of sp³-hybridized carbons (Fsp3) is 0.308. The Morgan fingerprint density at radius 2 is 1.97 bits per heavy atom. The second-order valence-corrected chi connectivity index (χ2v) is 8.80. The van der Waals surface area contributed by atoms with E-state index in [1.165, 1.54) is 11.1 Å². The van der Waals surface area contributed by atoms with Crippen LogP contribution in [0.1, 0.15) is 42.1 Å². The molecule has 0 saturated heterocycles. The Hall–Kier alpha value is -3.36. The number of methoxy groups -OCH3 is 1. The van der Waals surface area contributed by atoms with Crippen LogP contribution in [0.4, 0.5) is 11.8 Å². The van der Waals surface area contributed by atoms with Gasteiger partial charge in [0, 0.05) is 37.1 Å². The number of hydrogen-bond acceptors (Lipinski definition) is 7. The molecule has 190 valence electrons. The number of nitrogens with one attached hydrogen (secondary N) is 2. The molecule has 0 saturated carbocycles. The van der Waals surface area contributed by atoms with Crippen LogP contribution in [0.15, 0.2) is 53.6 Å². The van der Waals surface area contributed by atoms with Crippen LogP contribution in [0.2, 0.25) is 0 Å². The number of fused-ring (bicyclic) bond motifs is 2. The number of anilines is 2. The van der Waals surface area contributed by atoms with Crippen molar-refractivity contribution in [1.82, 2.24) is 19.9 Å². The maximum Gasteiger partial charge on any atom is 0.260 e. The van der Waals surface area contributed by atoms with Crippen LogP contribution in [0.25, 0.3) is 10.9 Å². The normalized spacial score (nSPS) is 12.5. The van der Waals surface area contributed by atoms with Crippen molar-refractivity contribution in [3.63, 3.8) is 0 Å². The van der Waals surface area contributed by atoms with Crippen LogP contribution >= 0.6 is 24.8 Å². The molecule has 4 aromatic rings. The van der Waals surface area contributed by atoms with E-state index in [-0.39, 0.29) is 36.3 Å². The molecule has 4 heterocycles. The van der Waals surface area contributed by atoms with Crippen molar-refractivity contribution < 1.29 is 4.74 Å². The third-order valence-electron chi connectivity index (χ3n) is 6.27. The number of hydrogen-bond donors (Lipinski definition) is 2. The minimum atomic E-state index is -0.121. The highest BCUT2D eigenvalue weighted by atomic mass is 35.5. The predicted molar refractivity (Wildman–Crippen MR) is 148 cm³/mol. The monoisotopic (exact) mass is 528 g/mol. The van der Waals surface area contributed by atoms with Crippen molar-refractivity contribution in [3.8, 4) is 5.75 Å². The van der Waals surface area contributed by atoms with Gasteiger partial charge in [-0.3, -0.25) is 14.8 Å². The van der Waals surface area contributed by atoms with E-state index < -0.39 is 0 Å². The van der Waals surface area contributed by atoms with Crippen molar-refractivity contribution >= 4 is 47.5 Å². The van der Waals surface area contributed by atoms with Crippen LogP contribution in [0.5, 0.6) is 5.75 Å². The van der Waals surface area contributed by atoms with E-state index in [0.29, 0.717) is 35.7 Å². The van der Waals surface area contributed by atoms with Crippen LogP contribution in [-0.4, -0.2) is 33.6 Å². The standard InChI is InChI=1S/C26H28N6O2.2ClH/c1-16(2)21-12-19(34-3)13-22-23(21)25(33)31-26(30-22)32-11-8-20-17(15-32)7-10-28-24(20)29-14-18-6-4-5-9-27-18;;/h4-7,9-10,12-13,16H,8,11,14-15H2,1-3H3,(H,28,29)(H,30,31,33);2*1H. The van der Waals surface area contributed by atoms with E-state index in [1.807, 2.05) is 42.6 Å². The number of halogens is 2. The van der Waals surface area contributed by atoms with Crippen LogP contribution < -0.4 is 20.5 Å². The van der Waals surface area contributed by atoms with E-state index in [2.05, 4.69) is 39.0 Å². The molecule has 36 heavy (non-hydrogen) atoms. The lowest BCUT2D eigenvalue weighted by Gasteiger charge is -2.30. The molecule has 0 unspecified atom stereocenters. The van der Waals surface area contributed by atoms with E-state index >= 15 is 0 Å². The number of benzene rings is 1. The van der Waals surface area contributed by atoms with Crippen molar-refractivity contribution in [2.75, 3.05) is 23.9 Å². The van der Waals surface area contributed by atoms with Gasteiger partial charge in [0.2, 0.25) is 5.95 Å². The van der Waals surface area contributed by atoms with Gasteiger partial charge in [-0.15, -0.1) is 24.8 Å². The molecule has 0 spiro atoms. The van der Waals surface area contributed by atoms with Gasteiger partial charge in [0.25, 0.3) is 5.56 Å². The SMILES string of the molecule is COc1cc(C(C)C)c2c(=O)[nH]c(N3CCc4c(ccnc4NCc4ccccn4)C3)nc2c1.Cl.Cl. The summed E-state index contributed by atoms with van der Waals surface area (Å²) in [5.74, 6) is 2.34. The summed E-state index contributed by atoms with van der Waals surface area (Å²) < 4.78 is 5.47. The van der Waals surface area contributed by atoms with Gasteiger partial charge in [0.1, 0.15) is 11.6 Å². The Balaban J connectivity index is 0.00000180. The predicted octanol–water partition coefficient (Wildman–Crippen LogP) is 4.86. The molecule has 0 fully saturated rings. The zero-order chi connectivity index (χ0) is 23.7. The van der Waals surface area contributed by atoms with E-state index in [9.17, 15) is 4.79 Å². The molecule has 10 heteroatoms. The molecular formula is C26H30Cl2N6O2. The first-order chi connectivity index (χ1) is 16.5. The van der Waals surface area contributed by atoms with Crippen molar-refractivity contribution in [2.24, 2.45) is 0 Å². The quantitative estimate of drug-likeness (QED) is 0.368. The zero-order valence-corrected chi connectivity index (χ0v) is 22.1. The molecule has 1 aliphatic heterocycles. The molecule has 0 amide bonds. The molecule has 1 aliphatic rings. The second kappa shape index (κ2) is 11.6. The summed E-state index contributed by atoms with van der Waals surface area (Å²) in [6.45, 7) is 6.12. The second-order valence-electron chi connectivity index (χ2n) is 8.80. The van der Waals surface area contributed by atoms with E-state index in [0.717, 1.165) is 30.0 Å². The average molecular weight is 529 g/mol. The minimum absolute atomic E-state index is 0. The molecule has 0 atom stereocenters. The topological polar surface area (TPSA) is 96.0 Å². The first-order valence-corrected chi connectivity index (χ1v) is 11.5. The van der Waals surface area contributed by atoms with Gasteiger partial charge in [-0.1, -0.05) is 19.9 Å². The Bertz CT molecular complexity index is 1390. The first kappa shape index (κ1) is 27.2. The number of aromatic amines is 1. The number of nitrogens with zero attached hydrogens (tertiary/aromatic N) is 4. The largest absolute Gasteiger partial charge is 0.497 e. The van der Waals surface area contributed by atoms with Gasteiger partial charge in [-0.2, -0.15) is 0 Å². The summed E-state index contributed by atoms with van der Waals surface area (Å²) in [6.07, 6.45) is 4.41. The Morgan fingerprint density at radius 3 is 2.69 bits per heavy atom. The number of H-pyrrole nitrogens is 1. The smallest absolute Gasteiger partial charge is 0.260 e. The highest BCUT2D eigenvalue weighted by molar-refractivity contribution is 5.86. The molecule has 8 nitrogen and oxygen atoms in total. The van der Waals surface area contributed by atoms with E-state index in [1.54, 1.807) is 13.3 Å². The van der Waals surface area contributed by atoms with Gasteiger partial charge in [0.15, 0.2) is 0 Å². The van der Waals surface area contributed by atoms with E-state index in [4.69, 9.17) is 9.72 Å². The Morgan fingerprint density at radius 1 is 1.14 bits per heavy atom. The molecular weight excluding hydrogens is 499 g/mol. The van der Waals surface area contributed by atoms with Gasteiger partial charge >= 0.3 is 0 Å². The van der Waals surface area contributed by atoms with Crippen molar-refractivity contribution in [1.29, 1.82) is 0 Å². The molecule has 0 radical (unpaired) electrons.